The zero-order chi connectivity index (χ0) is 9.41. The van der Waals surface area contributed by atoms with Crippen molar-refractivity contribution in [1.29, 1.82) is 0 Å². The number of alkyl halides is 3. The molecule has 0 aliphatic heterocycles. The van der Waals surface area contributed by atoms with Gasteiger partial charge in [-0.25, -0.2) is 8.78 Å². The molecular weight excluding hydrogens is 192 g/mol. The standard InChI is InChI=1S/C7H8F4S/c1-2-3-12-6(9)4-5(8)7(6,10)11/h4H,2-3H2,1H3. The van der Waals surface area contributed by atoms with E-state index in [1.165, 1.54) is 0 Å². The minimum Gasteiger partial charge on any atom is -0.220 e. The van der Waals surface area contributed by atoms with E-state index in [-0.39, 0.29) is 5.75 Å². The largest absolute Gasteiger partial charge is 0.344 e. The fourth-order valence-corrected chi connectivity index (χ4v) is 1.78. The molecule has 0 nitrogen and oxygen atoms in total. The number of hydrogen-bond acceptors (Lipinski definition) is 1. The summed E-state index contributed by atoms with van der Waals surface area (Å²) >= 11 is 0.443. The highest BCUT2D eigenvalue weighted by Gasteiger charge is 2.65. The van der Waals surface area contributed by atoms with Crippen LogP contribution in [0.4, 0.5) is 17.6 Å². The fourth-order valence-electron chi connectivity index (χ4n) is 0.812. The molecule has 0 aromatic carbocycles. The van der Waals surface area contributed by atoms with E-state index >= 15 is 0 Å². The summed E-state index contributed by atoms with van der Waals surface area (Å²) in [6.45, 7) is 1.74. The van der Waals surface area contributed by atoms with Crippen molar-refractivity contribution in [2.45, 2.75) is 24.3 Å². The van der Waals surface area contributed by atoms with Crippen LogP contribution in [0.15, 0.2) is 11.9 Å². The molecule has 0 radical (unpaired) electrons. The summed E-state index contributed by atoms with van der Waals surface area (Å²) in [5.74, 6) is -5.32. The second-order valence-corrected chi connectivity index (χ2v) is 3.85. The zero-order valence-electron chi connectivity index (χ0n) is 6.41. The summed E-state index contributed by atoms with van der Waals surface area (Å²) in [7, 11) is 0. The first kappa shape index (κ1) is 9.89. The number of thioether (sulfide) groups is 1. The van der Waals surface area contributed by atoms with Crippen LogP contribution in [-0.4, -0.2) is 16.7 Å². The first-order chi connectivity index (χ1) is 5.44. The Balaban J connectivity index is 2.64. The van der Waals surface area contributed by atoms with Crippen LogP contribution in [-0.2, 0) is 0 Å². The van der Waals surface area contributed by atoms with Crippen molar-refractivity contribution in [2.24, 2.45) is 0 Å². The molecule has 1 aliphatic rings. The maximum absolute atomic E-state index is 13.0. The maximum atomic E-state index is 13.0. The summed E-state index contributed by atoms with van der Waals surface area (Å²) in [6, 6.07) is 0. The monoisotopic (exact) mass is 200 g/mol. The van der Waals surface area contributed by atoms with Crippen molar-refractivity contribution in [3.05, 3.63) is 11.9 Å². The second-order valence-electron chi connectivity index (χ2n) is 2.56. The Bertz CT molecular complexity index is 213. The van der Waals surface area contributed by atoms with Gasteiger partial charge in [0.05, 0.1) is 0 Å². The van der Waals surface area contributed by atoms with E-state index in [1.807, 2.05) is 0 Å². The summed E-state index contributed by atoms with van der Waals surface area (Å²) in [5, 5.41) is -2.81. The average Bonchev–Trinajstić information content (AvgIpc) is 2.01. The molecule has 1 unspecified atom stereocenters. The van der Waals surface area contributed by atoms with Crippen molar-refractivity contribution >= 4 is 11.8 Å². The molecule has 0 saturated heterocycles. The molecule has 70 valence electrons. The summed E-state index contributed by atoms with van der Waals surface area (Å²) < 4.78 is 50.0. The molecule has 12 heavy (non-hydrogen) atoms. The van der Waals surface area contributed by atoms with Crippen LogP contribution in [0.25, 0.3) is 0 Å². The lowest BCUT2D eigenvalue weighted by Crippen LogP contribution is -2.48. The van der Waals surface area contributed by atoms with E-state index in [0.29, 0.717) is 24.3 Å². The van der Waals surface area contributed by atoms with Crippen molar-refractivity contribution < 1.29 is 17.6 Å². The van der Waals surface area contributed by atoms with Gasteiger partial charge in [-0.05, 0) is 12.2 Å². The fraction of sp³-hybridized carbons (Fsp3) is 0.714. The van der Waals surface area contributed by atoms with Gasteiger partial charge in [0.2, 0.25) is 5.00 Å². The Morgan fingerprint density at radius 3 is 2.33 bits per heavy atom. The second kappa shape index (κ2) is 2.94. The van der Waals surface area contributed by atoms with E-state index in [1.54, 1.807) is 6.92 Å². The number of allylic oxidation sites excluding steroid dienone is 1. The maximum Gasteiger partial charge on any atom is 0.344 e. The normalized spacial score (nSPS) is 32.6. The van der Waals surface area contributed by atoms with Gasteiger partial charge >= 0.3 is 5.92 Å². The highest BCUT2D eigenvalue weighted by atomic mass is 32.2. The molecule has 0 aromatic rings. The molecule has 0 heterocycles. The van der Waals surface area contributed by atoms with E-state index in [9.17, 15) is 17.6 Å². The predicted molar refractivity (Wildman–Crippen MR) is 40.7 cm³/mol. The van der Waals surface area contributed by atoms with E-state index in [0.717, 1.165) is 0 Å². The van der Waals surface area contributed by atoms with Crippen molar-refractivity contribution in [2.75, 3.05) is 5.75 Å². The Hall–Kier alpha value is -0.190. The van der Waals surface area contributed by atoms with Gasteiger partial charge in [-0.3, -0.25) is 0 Å². The van der Waals surface area contributed by atoms with Crippen LogP contribution >= 0.6 is 11.8 Å². The minimum absolute atomic E-state index is 0.260. The zero-order valence-corrected chi connectivity index (χ0v) is 7.23. The topological polar surface area (TPSA) is 0 Å². The molecule has 1 aliphatic carbocycles. The first-order valence-electron chi connectivity index (χ1n) is 3.53. The summed E-state index contributed by atoms with van der Waals surface area (Å²) in [5.41, 5.74) is 0. The van der Waals surface area contributed by atoms with Crippen LogP contribution < -0.4 is 0 Å². The van der Waals surface area contributed by atoms with Gasteiger partial charge in [0, 0.05) is 6.08 Å². The smallest absolute Gasteiger partial charge is 0.220 e. The third kappa shape index (κ3) is 1.24. The third-order valence-electron chi connectivity index (χ3n) is 1.56. The Morgan fingerprint density at radius 1 is 1.42 bits per heavy atom. The minimum atomic E-state index is -3.92. The molecule has 0 saturated carbocycles. The van der Waals surface area contributed by atoms with Gasteiger partial charge in [0.1, 0.15) is 0 Å². The van der Waals surface area contributed by atoms with Crippen molar-refractivity contribution in [3.63, 3.8) is 0 Å². The Labute approximate surface area is 72.0 Å². The van der Waals surface area contributed by atoms with Gasteiger partial charge in [0.25, 0.3) is 0 Å². The van der Waals surface area contributed by atoms with Gasteiger partial charge in [-0.15, -0.1) is 11.8 Å². The molecule has 1 rings (SSSR count). The van der Waals surface area contributed by atoms with Crippen LogP contribution in [0.2, 0.25) is 0 Å². The molecule has 0 bridgehead atoms. The molecule has 1 atom stereocenters. The molecule has 0 amide bonds. The molecule has 0 N–H and O–H groups in total. The highest BCUT2D eigenvalue weighted by Crippen LogP contribution is 2.55. The molecule has 0 fully saturated rings. The molecule has 0 spiro atoms. The van der Waals surface area contributed by atoms with Crippen LogP contribution in [0, 0.1) is 0 Å². The Morgan fingerprint density at radius 2 is 2.00 bits per heavy atom. The van der Waals surface area contributed by atoms with E-state index < -0.39 is 16.8 Å². The molecular formula is C7H8F4S. The van der Waals surface area contributed by atoms with Gasteiger partial charge in [-0.2, -0.15) is 8.78 Å². The molecule has 0 aromatic heterocycles. The first-order valence-corrected chi connectivity index (χ1v) is 4.52. The average molecular weight is 200 g/mol. The third-order valence-corrected chi connectivity index (χ3v) is 2.96. The predicted octanol–water partition coefficient (Wildman–Crippen LogP) is 3.30. The number of hydrogen-bond donors (Lipinski definition) is 0. The van der Waals surface area contributed by atoms with Gasteiger partial charge < -0.3 is 0 Å². The van der Waals surface area contributed by atoms with Crippen molar-refractivity contribution in [1.82, 2.24) is 0 Å². The quantitative estimate of drug-likeness (QED) is 0.630. The van der Waals surface area contributed by atoms with Gasteiger partial charge in [0.15, 0.2) is 5.83 Å². The van der Waals surface area contributed by atoms with E-state index in [2.05, 4.69) is 0 Å². The van der Waals surface area contributed by atoms with E-state index in [4.69, 9.17) is 0 Å². The lowest BCUT2D eigenvalue weighted by Gasteiger charge is -2.36. The summed E-state index contributed by atoms with van der Waals surface area (Å²) in [6.07, 6.45) is 0.926. The lowest BCUT2D eigenvalue weighted by molar-refractivity contribution is -0.0808. The Kier molecular flexibility index (Phi) is 2.42. The van der Waals surface area contributed by atoms with Crippen LogP contribution in [0.5, 0.6) is 0 Å². The van der Waals surface area contributed by atoms with Gasteiger partial charge in [-0.1, -0.05) is 6.92 Å². The lowest BCUT2D eigenvalue weighted by atomic mass is 10.0. The number of halogens is 4. The molecule has 5 heteroatoms. The highest BCUT2D eigenvalue weighted by molar-refractivity contribution is 8.00. The summed E-state index contributed by atoms with van der Waals surface area (Å²) in [4.78, 5) is 0. The SMILES string of the molecule is CCCSC1(F)C=C(F)C1(F)F. The number of rotatable bonds is 3. The van der Waals surface area contributed by atoms with Crippen LogP contribution in [0.3, 0.4) is 0 Å². The van der Waals surface area contributed by atoms with Crippen LogP contribution in [0.1, 0.15) is 13.3 Å². The van der Waals surface area contributed by atoms with Crippen molar-refractivity contribution in [3.8, 4) is 0 Å².